The first-order valence-corrected chi connectivity index (χ1v) is 9.07. The standard InChI is InChI=1S/C19H15Cl2F3N2O3/c20-13-6-12(7-14(21)8-13)18(19(22,23)24)9-16(26-29-18)11-1-2-15(17(25)28)10(5-11)3-4-27/h1-2,5-9,26-27H,3-4H2,(H2,25,28). The van der Waals surface area contributed by atoms with Gasteiger partial charge in [0.05, 0.1) is 5.70 Å². The topological polar surface area (TPSA) is 84.6 Å². The molecule has 3 rings (SSSR count). The highest BCUT2D eigenvalue weighted by atomic mass is 35.5. The molecule has 5 nitrogen and oxygen atoms in total. The lowest BCUT2D eigenvalue weighted by atomic mass is 9.91. The summed E-state index contributed by atoms with van der Waals surface area (Å²) in [7, 11) is 0. The van der Waals surface area contributed by atoms with Gasteiger partial charge in [0.25, 0.3) is 0 Å². The van der Waals surface area contributed by atoms with Crippen LogP contribution >= 0.6 is 23.2 Å². The first-order chi connectivity index (χ1) is 13.6. The smallest absolute Gasteiger partial charge is 0.396 e. The maximum Gasteiger partial charge on any atom is 0.428 e. The van der Waals surface area contributed by atoms with E-state index in [0.717, 1.165) is 18.2 Å². The van der Waals surface area contributed by atoms with E-state index < -0.39 is 17.7 Å². The molecule has 29 heavy (non-hydrogen) atoms. The van der Waals surface area contributed by atoms with Gasteiger partial charge in [-0.25, -0.2) is 0 Å². The highest BCUT2D eigenvalue weighted by molar-refractivity contribution is 6.34. The Labute approximate surface area is 173 Å². The summed E-state index contributed by atoms with van der Waals surface area (Å²) in [5, 5.41) is 9.24. The monoisotopic (exact) mass is 446 g/mol. The number of hydrogen-bond acceptors (Lipinski definition) is 4. The molecule has 4 N–H and O–H groups in total. The Kier molecular flexibility index (Phi) is 5.82. The van der Waals surface area contributed by atoms with Gasteiger partial charge in [0.2, 0.25) is 11.5 Å². The summed E-state index contributed by atoms with van der Waals surface area (Å²) in [5.74, 6) is -0.706. The Bertz CT molecular complexity index is 975. The molecule has 0 saturated carbocycles. The third-order valence-corrected chi connectivity index (χ3v) is 4.88. The minimum absolute atomic E-state index is 0.0219. The van der Waals surface area contributed by atoms with Crippen LogP contribution in [0.3, 0.4) is 0 Å². The van der Waals surface area contributed by atoms with Crippen molar-refractivity contribution in [2.45, 2.75) is 18.2 Å². The first kappa shape index (κ1) is 21.4. The van der Waals surface area contributed by atoms with E-state index in [2.05, 4.69) is 5.48 Å². The molecule has 0 bridgehead atoms. The number of nitrogens with one attached hydrogen (secondary N) is 1. The van der Waals surface area contributed by atoms with Crippen LogP contribution in [0.25, 0.3) is 5.70 Å². The molecule has 1 atom stereocenters. The molecule has 2 aromatic rings. The van der Waals surface area contributed by atoms with Gasteiger partial charge in [0.15, 0.2) is 0 Å². The van der Waals surface area contributed by atoms with Gasteiger partial charge in [0, 0.05) is 33.3 Å². The molecule has 0 aromatic heterocycles. The van der Waals surface area contributed by atoms with E-state index in [0.29, 0.717) is 11.1 Å². The fraction of sp³-hybridized carbons (Fsp3) is 0.211. The Hall–Kier alpha value is -2.26. The van der Waals surface area contributed by atoms with E-state index in [1.165, 1.54) is 24.3 Å². The number of aliphatic hydroxyl groups is 1. The van der Waals surface area contributed by atoms with Crippen molar-refractivity contribution >= 4 is 34.8 Å². The molecule has 154 valence electrons. The van der Waals surface area contributed by atoms with Crippen molar-refractivity contribution in [1.82, 2.24) is 5.48 Å². The second kappa shape index (κ2) is 7.87. The number of aliphatic hydroxyl groups excluding tert-OH is 1. The van der Waals surface area contributed by atoms with Gasteiger partial charge < -0.3 is 10.8 Å². The quantitative estimate of drug-likeness (QED) is 0.648. The Morgan fingerprint density at radius 2 is 1.83 bits per heavy atom. The van der Waals surface area contributed by atoms with Gasteiger partial charge in [-0.2, -0.15) is 13.2 Å². The lowest BCUT2D eigenvalue weighted by molar-refractivity contribution is -0.269. The lowest BCUT2D eigenvalue weighted by Crippen LogP contribution is -2.42. The van der Waals surface area contributed by atoms with Crippen LogP contribution in [-0.4, -0.2) is 23.8 Å². The number of benzene rings is 2. The lowest BCUT2D eigenvalue weighted by Gasteiger charge is -2.28. The fourth-order valence-corrected chi connectivity index (χ4v) is 3.61. The molecule has 1 aliphatic rings. The summed E-state index contributed by atoms with van der Waals surface area (Å²) in [5.41, 5.74) is 5.40. The number of alkyl halides is 3. The third-order valence-electron chi connectivity index (χ3n) is 4.44. The third kappa shape index (κ3) is 4.06. The highest BCUT2D eigenvalue weighted by Crippen LogP contribution is 2.48. The number of carbonyl (C=O) groups is 1. The van der Waals surface area contributed by atoms with Gasteiger partial charge in [-0.1, -0.05) is 29.3 Å². The number of hydroxylamine groups is 1. The molecular formula is C19H15Cl2F3N2O3. The molecule has 0 aliphatic carbocycles. The summed E-state index contributed by atoms with van der Waals surface area (Å²) in [4.78, 5) is 16.5. The molecule has 2 aromatic carbocycles. The minimum Gasteiger partial charge on any atom is -0.396 e. The first-order valence-electron chi connectivity index (χ1n) is 8.31. The predicted octanol–water partition coefficient (Wildman–Crippen LogP) is 3.96. The number of hydrogen-bond donors (Lipinski definition) is 3. The fourth-order valence-electron chi connectivity index (χ4n) is 3.08. The Morgan fingerprint density at radius 1 is 1.17 bits per heavy atom. The molecule has 1 amide bonds. The summed E-state index contributed by atoms with van der Waals surface area (Å²) in [6.07, 6.45) is -3.86. The van der Waals surface area contributed by atoms with Crippen molar-refractivity contribution in [1.29, 1.82) is 0 Å². The molecule has 0 fully saturated rings. The Morgan fingerprint density at radius 3 is 2.38 bits per heavy atom. The number of halogens is 5. The van der Waals surface area contributed by atoms with Gasteiger partial charge in [0.1, 0.15) is 0 Å². The van der Waals surface area contributed by atoms with Crippen LogP contribution in [0.1, 0.15) is 27.0 Å². The SMILES string of the molecule is NC(=O)c1ccc(C2=CC(c3cc(Cl)cc(Cl)c3)(C(F)(F)F)ON2)cc1CCO. The van der Waals surface area contributed by atoms with E-state index >= 15 is 0 Å². The molecule has 0 radical (unpaired) electrons. The Balaban J connectivity index is 2.12. The van der Waals surface area contributed by atoms with Gasteiger partial charge in [-0.3, -0.25) is 15.1 Å². The maximum absolute atomic E-state index is 14.0. The van der Waals surface area contributed by atoms with Crippen molar-refractivity contribution < 1.29 is 27.9 Å². The van der Waals surface area contributed by atoms with E-state index in [1.807, 2.05) is 0 Å². The molecule has 1 unspecified atom stereocenters. The van der Waals surface area contributed by atoms with E-state index in [9.17, 15) is 23.1 Å². The van der Waals surface area contributed by atoms with Gasteiger partial charge >= 0.3 is 6.18 Å². The van der Waals surface area contributed by atoms with Gasteiger partial charge in [-0.15, -0.1) is 0 Å². The highest BCUT2D eigenvalue weighted by Gasteiger charge is 2.59. The minimum atomic E-state index is -4.84. The molecule has 1 aliphatic heterocycles. The average Bonchev–Trinajstić information content (AvgIpc) is 3.07. The predicted molar refractivity (Wildman–Crippen MR) is 102 cm³/mol. The van der Waals surface area contributed by atoms with Crippen molar-refractivity contribution in [2.75, 3.05) is 6.61 Å². The second-order valence-corrected chi connectivity index (χ2v) is 7.24. The van der Waals surface area contributed by atoms with Crippen LogP contribution in [0.2, 0.25) is 10.0 Å². The summed E-state index contributed by atoms with van der Waals surface area (Å²) >= 11 is 11.8. The normalized spacial score (nSPS) is 19.0. The summed E-state index contributed by atoms with van der Waals surface area (Å²) in [6.45, 7) is -0.264. The number of nitrogens with two attached hydrogens (primary N) is 1. The largest absolute Gasteiger partial charge is 0.428 e. The number of amides is 1. The van der Waals surface area contributed by atoms with Crippen molar-refractivity contribution in [3.63, 3.8) is 0 Å². The van der Waals surface area contributed by atoms with Crippen molar-refractivity contribution in [3.8, 4) is 0 Å². The zero-order valence-corrected chi connectivity index (χ0v) is 16.2. The van der Waals surface area contributed by atoms with Crippen molar-refractivity contribution in [3.05, 3.63) is 74.8 Å². The summed E-state index contributed by atoms with van der Waals surface area (Å²) in [6, 6.07) is 7.84. The van der Waals surface area contributed by atoms with Crippen LogP contribution in [0, 0.1) is 0 Å². The van der Waals surface area contributed by atoms with Crippen LogP contribution in [0.5, 0.6) is 0 Å². The van der Waals surface area contributed by atoms with E-state index in [1.54, 1.807) is 0 Å². The molecule has 0 spiro atoms. The van der Waals surface area contributed by atoms with Crippen LogP contribution < -0.4 is 11.2 Å². The van der Waals surface area contributed by atoms with Crippen molar-refractivity contribution in [2.24, 2.45) is 5.73 Å². The molecule has 0 saturated heterocycles. The number of primary amides is 1. The zero-order valence-electron chi connectivity index (χ0n) is 14.7. The zero-order chi connectivity index (χ0) is 21.4. The van der Waals surface area contributed by atoms with Crippen LogP contribution in [0.15, 0.2) is 42.5 Å². The van der Waals surface area contributed by atoms with E-state index in [4.69, 9.17) is 33.8 Å². The van der Waals surface area contributed by atoms with Crippen LogP contribution in [0.4, 0.5) is 13.2 Å². The maximum atomic E-state index is 14.0. The second-order valence-electron chi connectivity index (χ2n) is 6.36. The number of rotatable bonds is 5. The van der Waals surface area contributed by atoms with Gasteiger partial charge in [-0.05, 0) is 48.4 Å². The van der Waals surface area contributed by atoms with Crippen LogP contribution in [-0.2, 0) is 16.9 Å². The number of carbonyl (C=O) groups excluding carboxylic acids is 1. The molecule has 1 heterocycles. The molecule has 10 heteroatoms. The van der Waals surface area contributed by atoms with E-state index in [-0.39, 0.29) is 39.9 Å². The molecular weight excluding hydrogens is 432 g/mol. The summed E-state index contributed by atoms with van der Waals surface area (Å²) < 4.78 is 42.1. The average molecular weight is 447 g/mol.